The smallest absolute Gasteiger partial charge is 0.425 e. The van der Waals surface area contributed by atoms with Gasteiger partial charge in [0.1, 0.15) is 72.6 Å². The first kappa shape index (κ1) is 63.1. The molecule has 0 bridgehead atoms. The molecular weight excluding hydrogens is 1090 g/mol. The highest BCUT2D eigenvalue weighted by Gasteiger charge is 2.50. The Morgan fingerprint density at radius 1 is 0.819 bits per heavy atom. The molecule has 6 heterocycles. The molecule has 1 unspecified atom stereocenters. The Balaban J connectivity index is 1.41. The number of rotatable bonds is 15. The van der Waals surface area contributed by atoms with Crippen LogP contribution in [0.4, 0.5) is 34.4 Å². The molecule has 3 atom stereocenters. The van der Waals surface area contributed by atoms with Crippen LogP contribution in [-0.4, -0.2) is 109 Å². The van der Waals surface area contributed by atoms with Crippen molar-refractivity contribution in [3.8, 4) is 40.4 Å². The maximum atomic E-state index is 19.0. The molecule has 2 fully saturated rings. The first-order valence-electron chi connectivity index (χ1n) is 29.8. The number of aromatic nitrogens is 4. The van der Waals surface area contributed by atoms with E-state index < -0.39 is 69.2 Å². The Kier molecular flexibility index (Phi) is 18.1. The van der Waals surface area contributed by atoms with E-state index in [-0.39, 0.29) is 117 Å². The summed E-state index contributed by atoms with van der Waals surface area (Å²) in [5.74, 6) is 2.62. The quantitative estimate of drug-likeness (QED) is 0.0726. The molecule has 0 spiro atoms. The lowest BCUT2D eigenvalue weighted by molar-refractivity contribution is 0.0428. The van der Waals surface area contributed by atoms with Crippen molar-refractivity contribution >= 4 is 61.9 Å². The third-order valence-electron chi connectivity index (χ3n) is 17.5. The molecule has 3 aromatic heterocycles. The van der Waals surface area contributed by atoms with Crippen LogP contribution in [0.2, 0.25) is 33.2 Å². The fraction of sp³-hybridized carbons (Fsp3) is 0.594. The van der Waals surface area contributed by atoms with Gasteiger partial charge in [-0.2, -0.15) is 14.9 Å². The maximum absolute atomic E-state index is 19.0. The van der Waals surface area contributed by atoms with Gasteiger partial charge in [0.2, 0.25) is 5.88 Å². The van der Waals surface area contributed by atoms with Crippen molar-refractivity contribution in [3.05, 3.63) is 65.4 Å². The molecule has 0 aliphatic carbocycles. The number of anilines is 2. The molecular formula is C64H88F3N7O7Si2. The number of imide groups is 1. The van der Waals surface area contributed by atoms with Gasteiger partial charge in [0.25, 0.3) is 8.32 Å². The molecule has 3 aliphatic heterocycles. The molecule has 0 N–H and O–H groups in total. The number of carbonyl (C=O) groups excluding carboxylic acids is 2. The van der Waals surface area contributed by atoms with Gasteiger partial charge in [-0.3, -0.25) is 4.90 Å². The molecule has 2 amide bonds. The average Bonchev–Trinajstić information content (AvgIpc) is 2.54. The molecule has 5 aromatic rings. The van der Waals surface area contributed by atoms with Crippen LogP contribution in [0.5, 0.6) is 17.6 Å². The van der Waals surface area contributed by atoms with Gasteiger partial charge < -0.3 is 28.3 Å². The summed E-state index contributed by atoms with van der Waals surface area (Å²) < 4.78 is 83.5. The summed E-state index contributed by atoms with van der Waals surface area (Å²) >= 11 is 0. The summed E-state index contributed by atoms with van der Waals surface area (Å²) in [6.07, 6.45) is 0.234. The van der Waals surface area contributed by atoms with Crippen LogP contribution in [-0.2, 0) is 9.47 Å². The minimum atomic E-state index is -2.66. The van der Waals surface area contributed by atoms with Gasteiger partial charge in [-0.15, -0.1) is 5.54 Å². The fourth-order valence-electron chi connectivity index (χ4n) is 13.9. The molecule has 19 heteroatoms. The number of carbonyl (C=O) groups is 2. The standard InChI is InChI=1S/C64H88F3N7O7Si2/c1-37(2)82(38(3)4,39(5)6)31-25-48-50(66)24-23-44-32-46(81-83(40(7)8,41(9)10)42(11)12)33-49(51(44)48)54-53(67)55-52-57(71-59(70-55)78-36-64-26-21-28-72(64)35-45(65)34-64)73(29-30-77-58(52)69-54)43(13)47-22-20-27-68-56(47)74(60(75)79-62(14,15)16)61(76)80-63(17,18)19/h20,22-24,27,32-33,37-43,45H,21,26,28-30,34-36H2,1-19H3/t43?,45-,64+/m1/s1. The molecule has 0 radical (unpaired) electrons. The third kappa shape index (κ3) is 12.2. The maximum Gasteiger partial charge on any atom is 0.425 e. The number of nitrogens with zero attached hydrogens (tertiary/aromatic N) is 7. The van der Waals surface area contributed by atoms with Crippen LogP contribution >= 0.6 is 0 Å². The van der Waals surface area contributed by atoms with Crippen LogP contribution in [0.25, 0.3) is 32.9 Å². The van der Waals surface area contributed by atoms with Crippen molar-refractivity contribution in [2.24, 2.45) is 0 Å². The number of hydrogen-bond donors (Lipinski definition) is 0. The summed E-state index contributed by atoms with van der Waals surface area (Å²) in [5.41, 5.74) is 2.81. The molecule has 450 valence electrons. The Hall–Kier alpha value is -5.98. The van der Waals surface area contributed by atoms with E-state index in [4.69, 9.17) is 38.3 Å². The average molecular weight is 1180 g/mol. The summed E-state index contributed by atoms with van der Waals surface area (Å²) in [4.78, 5) is 52.7. The fourth-order valence-corrected chi connectivity index (χ4v) is 24.4. The number of fused-ring (bicyclic) bond motifs is 2. The predicted octanol–water partition coefficient (Wildman–Crippen LogP) is 16.2. The summed E-state index contributed by atoms with van der Waals surface area (Å²) in [5, 5.41) is 1.08. The Morgan fingerprint density at radius 3 is 2.04 bits per heavy atom. The second kappa shape index (κ2) is 23.8. The number of alkyl halides is 1. The van der Waals surface area contributed by atoms with E-state index in [2.05, 4.69) is 104 Å². The van der Waals surface area contributed by atoms with Crippen LogP contribution in [0.3, 0.4) is 0 Å². The Morgan fingerprint density at radius 2 is 1.45 bits per heavy atom. The van der Waals surface area contributed by atoms with Crippen molar-refractivity contribution in [2.75, 3.05) is 42.6 Å². The van der Waals surface area contributed by atoms with Crippen molar-refractivity contribution in [2.45, 2.75) is 213 Å². The van der Waals surface area contributed by atoms with Crippen LogP contribution < -0.4 is 23.7 Å². The molecule has 83 heavy (non-hydrogen) atoms. The second-order valence-electron chi connectivity index (χ2n) is 27.0. The first-order chi connectivity index (χ1) is 38.8. The van der Waals surface area contributed by atoms with Crippen molar-refractivity contribution in [1.82, 2.24) is 24.8 Å². The number of amides is 2. The van der Waals surface area contributed by atoms with E-state index in [0.717, 1.165) is 11.3 Å². The highest BCUT2D eigenvalue weighted by molar-refractivity contribution is 6.90. The van der Waals surface area contributed by atoms with Crippen molar-refractivity contribution in [1.29, 1.82) is 0 Å². The Bertz CT molecular complexity index is 3240. The van der Waals surface area contributed by atoms with Gasteiger partial charge in [0, 0.05) is 35.7 Å². The molecule has 0 saturated carbocycles. The lowest BCUT2D eigenvalue weighted by atomic mass is 9.95. The van der Waals surface area contributed by atoms with E-state index in [1.54, 1.807) is 65.8 Å². The summed E-state index contributed by atoms with van der Waals surface area (Å²) in [6, 6.07) is 9.27. The van der Waals surface area contributed by atoms with Gasteiger partial charge in [0.15, 0.2) is 11.6 Å². The SMILES string of the molecule is CC(c1cccnc1N(C(=O)OC(C)(C)C)C(=O)OC(C)(C)C)N1CCOc2nc(-c3cc(O[Si](C(C)C)(C(C)C)C(C)C)cc4ccc(F)c(C#C[Si](C(C)C)(C(C)C)C(C)C)c34)c(F)c3nc(OC[C@@]45CCCN4C[C@H](F)C5)nc1c23. The summed E-state index contributed by atoms with van der Waals surface area (Å²) in [7, 11) is -5.11. The largest absolute Gasteiger partial charge is 0.543 e. The van der Waals surface area contributed by atoms with Crippen LogP contribution in [0.15, 0.2) is 42.6 Å². The van der Waals surface area contributed by atoms with Crippen molar-refractivity contribution in [3.63, 3.8) is 0 Å². The van der Waals surface area contributed by atoms with Crippen LogP contribution in [0, 0.1) is 23.1 Å². The monoisotopic (exact) mass is 1180 g/mol. The zero-order valence-electron chi connectivity index (χ0n) is 52.4. The van der Waals surface area contributed by atoms with E-state index in [9.17, 15) is 9.59 Å². The predicted molar refractivity (Wildman–Crippen MR) is 329 cm³/mol. The van der Waals surface area contributed by atoms with Gasteiger partial charge in [-0.25, -0.2) is 32.7 Å². The third-order valence-corrected chi connectivity index (χ3v) is 29.7. The van der Waals surface area contributed by atoms with Gasteiger partial charge in [0.05, 0.1) is 23.7 Å². The minimum Gasteiger partial charge on any atom is -0.543 e. The highest BCUT2D eigenvalue weighted by atomic mass is 28.4. The van der Waals surface area contributed by atoms with Crippen molar-refractivity contribution < 1.29 is 46.1 Å². The number of hydrogen-bond acceptors (Lipinski definition) is 13. The minimum absolute atomic E-state index is 0.00411. The van der Waals surface area contributed by atoms with E-state index in [1.165, 1.54) is 12.3 Å². The molecule has 3 aliphatic rings. The summed E-state index contributed by atoms with van der Waals surface area (Å²) in [6.45, 7) is 39.5. The highest BCUT2D eigenvalue weighted by Crippen LogP contribution is 2.49. The second-order valence-corrected chi connectivity index (χ2v) is 37.9. The lowest BCUT2D eigenvalue weighted by Gasteiger charge is -2.42. The van der Waals surface area contributed by atoms with Gasteiger partial charge in [-0.1, -0.05) is 101 Å². The topological polar surface area (TPSA) is 142 Å². The first-order valence-corrected chi connectivity index (χ1v) is 34.2. The zero-order valence-corrected chi connectivity index (χ0v) is 54.4. The van der Waals surface area contributed by atoms with E-state index in [1.807, 2.05) is 17.9 Å². The number of ether oxygens (including phenoxy) is 4. The van der Waals surface area contributed by atoms with E-state index >= 15 is 13.2 Å². The van der Waals surface area contributed by atoms with Gasteiger partial charge in [-0.05, 0) is 131 Å². The lowest BCUT2D eigenvalue weighted by Crippen LogP contribution is -2.50. The number of benzene rings is 2. The Labute approximate surface area is 492 Å². The normalized spacial score (nSPS) is 18.3. The molecule has 2 saturated heterocycles. The molecule has 2 aromatic carbocycles. The van der Waals surface area contributed by atoms with Crippen LogP contribution in [0.1, 0.15) is 168 Å². The number of halogens is 3. The molecule has 14 nitrogen and oxygen atoms in total. The van der Waals surface area contributed by atoms with Gasteiger partial charge >= 0.3 is 18.2 Å². The molecule has 8 rings (SSSR count). The van der Waals surface area contributed by atoms with E-state index in [0.29, 0.717) is 35.1 Å². The number of pyridine rings is 2. The zero-order chi connectivity index (χ0) is 61.1.